The molecule has 0 saturated heterocycles. The molecule has 0 aliphatic heterocycles. The molecule has 17 heavy (non-hydrogen) atoms. The topological polar surface area (TPSA) is 46.5 Å². The number of aliphatic carboxylic acids is 1. The Balaban J connectivity index is 2.76. The Kier molecular flexibility index (Phi) is 3.98. The molecule has 94 valence electrons. The minimum absolute atomic E-state index is 0.0552. The molecule has 0 spiro atoms. The Hall–Kier alpha value is -1.72. The maximum Gasteiger partial charge on any atom is 0.573 e. The van der Waals surface area contributed by atoms with Gasteiger partial charge < -0.3 is 9.84 Å². The van der Waals surface area contributed by atoms with E-state index in [1.165, 1.54) is 18.2 Å². The number of rotatable bonds is 4. The van der Waals surface area contributed by atoms with Gasteiger partial charge in [-0.25, -0.2) is 0 Å². The molecule has 0 amide bonds. The van der Waals surface area contributed by atoms with Crippen LogP contribution >= 0.6 is 0 Å². The second kappa shape index (κ2) is 5.07. The largest absolute Gasteiger partial charge is 0.573 e. The van der Waals surface area contributed by atoms with E-state index in [4.69, 9.17) is 5.11 Å². The molecule has 1 aromatic rings. The number of carbonyl (C=O) groups is 1. The zero-order valence-corrected chi connectivity index (χ0v) is 9.04. The van der Waals surface area contributed by atoms with Crippen molar-refractivity contribution >= 4 is 5.97 Å². The van der Waals surface area contributed by atoms with E-state index in [0.717, 1.165) is 0 Å². The minimum Gasteiger partial charge on any atom is -0.481 e. The Bertz CT molecular complexity index is 413. The van der Waals surface area contributed by atoms with E-state index in [2.05, 4.69) is 4.74 Å². The fourth-order valence-corrected chi connectivity index (χ4v) is 1.39. The molecule has 0 unspecified atom stereocenters. The van der Waals surface area contributed by atoms with Crippen LogP contribution in [0.15, 0.2) is 18.2 Å². The Morgan fingerprint density at radius 2 is 2.06 bits per heavy atom. The van der Waals surface area contributed by atoms with Crippen LogP contribution in [0.5, 0.6) is 5.75 Å². The van der Waals surface area contributed by atoms with Crippen molar-refractivity contribution in [2.24, 2.45) is 0 Å². The smallest absolute Gasteiger partial charge is 0.481 e. The monoisotopic (exact) mass is 248 g/mol. The first kappa shape index (κ1) is 13.3. The lowest BCUT2D eigenvalue weighted by Crippen LogP contribution is -2.17. The fourth-order valence-electron chi connectivity index (χ4n) is 1.39. The molecule has 0 atom stereocenters. The quantitative estimate of drug-likeness (QED) is 0.891. The van der Waals surface area contributed by atoms with E-state index in [-0.39, 0.29) is 18.6 Å². The highest BCUT2D eigenvalue weighted by Crippen LogP contribution is 2.25. The third-order valence-electron chi connectivity index (χ3n) is 2.16. The van der Waals surface area contributed by atoms with Gasteiger partial charge in [0, 0.05) is 6.42 Å². The lowest BCUT2D eigenvalue weighted by Gasteiger charge is -2.11. The fraction of sp³-hybridized carbons (Fsp3) is 0.364. The van der Waals surface area contributed by atoms with Crippen LogP contribution in [0.4, 0.5) is 13.2 Å². The zero-order valence-electron chi connectivity index (χ0n) is 9.04. The molecule has 0 aliphatic rings. The standard InChI is InChI=1S/C11H11F3O3/c1-7-6-9(17-11(12,13)14)4-2-8(7)3-5-10(15)16/h2,4,6H,3,5H2,1H3,(H,15,16). The van der Waals surface area contributed by atoms with Crippen molar-refractivity contribution in [2.75, 3.05) is 0 Å². The summed E-state index contributed by atoms with van der Waals surface area (Å²) in [6, 6.07) is 3.86. The normalized spacial score (nSPS) is 11.3. The molecule has 1 rings (SSSR count). The Morgan fingerprint density at radius 3 is 2.53 bits per heavy atom. The molecule has 0 radical (unpaired) electrons. The molecule has 6 heteroatoms. The van der Waals surface area contributed by atoms with Gasteiger partial charge in [-0.05, 0) is 36.6 Å². The number of benzene rings is 1. The molecule has 0 saturated carbocycles. The van der Waals surface area contributed by atoms with Gasteiger partial charge in [0.05, 0.1) is 0 Å². The molecule has 0 heterocycles. The summed E-state index contributed by atoms with van der Waals surface area (Å²) < 4.78 is 39.5. The number of aryl methyl sites for hydroxylation is 2. The first-order valence-corrected chi connectivity index (χ1v) is 4.85. The predicted molar refractivity (Wildman–Crippen MR) is 53.8 cm³/mol. The number of hydrogen-bond donors (Lipinski definition) is 1. The number of carboxylic acid groups (broad SMARTS) is 1. The van der Waals surface area contributed by atoms with Gasteiger partial charge in [-0.15, -0.1) is 13.2 Å². The summed E-state index contributed by atoms with van der Waals surface area (Å²) in [6.45, 7) is 1.61. The van der Waals surface area contributed by atoms with Crippen LogP contribution in [-0.2, 0) is 11.2 Å². The number of carboxylic acids is 1. The average molecular weight is 248 g/mol. The Labute approximate surface area is 95.8 Å². The number of ether oxygens (including phenoxy) is 1. The molecule has 1 aromatic carbocycles. The lowest BCUT2D eigenvalue weighted by molar-refractivity contribution is -0.274. The first-order valence-electron chi connectivity index (χ1n) is 4.85. The van der Waals surface area contributed by atoms with E-state index < -0.39 is 12.3 Å². The van der Waals surface area contributed by atoms with E-state index >= 15 is 0 Å². The number of alkyl halides is 3. The van der Waals surface area contributed by atoms with Gasteiger partial charge in [0.1, 0.15) is 5.75 Å². The molecule has 0 aliphatic carbocycles. The van der Waals surface area contributed by atoms with Crippen molar-refractivity contribution in [3.8, 4) is 5.75 Å². The number of hydrogen-bond acceptors (Lipinski definition) is 2. The molecule has 0 fully saturated rings. The van der Waals surface area contributed by atoms with Gasteiger partial charge >= 0.3 is 12.3 Å². The zero-order chi connectivity index (χ0) is 13.1. The summed E-state index contributed by atoms with van der Waals surface area (Å²) in [5.74, 6) is -1.24. The van der Waals surface area contributed by atoms with Gasteiger partial charge in [0.2, 0.25) is 0 Å². The third-order valence-corrected chi connectivity index (χ3v) is 2.16. The molecule has 3 nitrogen and oxygen atoms in total. The maximum atomic E-state index is 11.9. The SMILES string of the molecule is Cc1cc(OC(F)(F)F)ccc1CCC(=O)O. The van der Waals surface area contributed by atoms with Crippen molar-refractivity contribution in [3.63, 3.8) is 0 Å². The second-order valence-corrected chi connectivity index (χ2v) is 3.53. The number of halogens is 3. The summed E-state index contributed by atoms with van der Waals surface area (Å²) >= 11 is 0. The highest BCUT2D eigenvalue weighted by Gasteiger charge is 2.31. The minimum atomic E-state index is -4.71. The summed E-state index contributed by atoms with van der Waals surface area (Å²) in [6.07, 6.45) is -4.48. The lowest BCUT2D eigenvalue weighted by atomic mass is 10.0. The van der Waals surface area contributed by atoms with Crippen molar-refractivity contribution < 1.29 is 27.8 Å². The van der Waals surface area contributed by atoms with Crippen LogP contribution in [0.25, 0.3) is 0 Å². The van der Waals surface area contributed by atoms with Crippen molar-refractivity contribution in [3.05, 3.63) is 29.3 Å². The van der Waals surface area contributed by atoms with Crippen molar-refractivity contribution in [1.82, 2.24) is 0 Å². The van der Waals surface area contributed by atoms with Gasteiger partial charge in [-0.3, -0.25) is 4.79 Å². The highest BCUT2D eigenvalue weighted by molar-refractivity contribution is 5.67. The summed E-state index contributed by atoms with van der Waals surface area (Å²) in [7, 11) is 0. The second-order valence-electron chi connectivity index (χ2n) is 3.53. The summed E-state index contributed by atoms with van der Waals surface area (Å²) in [5, 5.41) is 8.50. The van der Waals surface area contributed by atoms with Gasteiger partial charge in [-0.2, -0.15) is 0 Å². The van der Waals surface area contributed by atoms with Crippen molar-refractivity contribution in [2.45, 2.75) is 26.1 Å². The van der Waals surface area contributed by atoms with E-state index in [9.17, 15) is 18.0 Å². The average Bonchev–Trinajstić information content (AvgIpc) is 2.13. The van der Waals surface area contributed by atoms with Gasteiger partial charge in [-0.1, -0.05) is 6.07 Å². The molecule has 0 aromatic heterocycles. The summed E-state index contributed by atoms with van der Waals surface area (Å²) in [4.78, 5) is 10.4. The van der Waals surface area contributed by atoms with E-state index in [1.807, 2.05) is 0 Å². The molecular formula is C11H11F3O3. The van der Waals surface area contributed by atoms with Crippen LogP contribution < -0.4 is 4.74 Å². The predicted octanol–water partition coefficient (Wildman–Crippen LogP) is 2.91. The molecule has 0 bridgehead atoms. The molecule has 1 N–H and O–H groups in total. The van der Waals surface area contributed by atoms with Gasteiger partial charge in [0.15, 0.2) is 0 Å². The van der Waals surface area contributed by atoms with E-state index in [0.29, 0.717) is 11.1 Å². The highest BCUT2D eigenvalue weighted by atomic mass is 19.4. The van der Waals surface area contributed by atoms with Crippen LogP contribution in [0.2, 0.25) is 0 Å². The Morgan fingerprint density at radius 1 is 1.41 bits per heavy atom. The van der Waals surface area contributed by atoms with Crippen LogP contribution in [0.1, 0.15) is 17.5 Å². The van der Waals surface area contributed by atoms with Crippen LogP contribution in [0.3, 0.4) is 0 Å². The van der Waals surface area contributed by atoms with Crippen LogP contribution in [-0.4, -0.2) is 17.4 Å². The van der Waals surface area contributed by atoms with E-state index in [1.54, 1.807) is 6.92 Å². The summed E-state index contributed by atoms with van der Waals surface area (Å²) in [5.41, 5.74) is 1.27. The van der Waals surface area contributed by atoms with Gasteiger partial charge in [0.25, 0.3) is 0 Å². The first-order chi connectivity index (χ1) is 7.78. The van der Waals surface area contributed by atoms with Crippen LogP contribution in [0, 0.1) is 6.92 Å². The molecular weight excluding hydrogens is 237 g/mol. The van der Waals surface area contributed by atoms with Crippen molar-refractivity contribution in [1.29, 1.82) is 0 Å². The third kappa shape index (κ3) is 4.76. The maximum absolute atomic E-state index is 11.9.